The molecule has 2 atom stereocenters. The van der Waals surface area contributed by atoms with E-state index in [2.05, 4.69) is 5.92 Å². The van der Waals surface area contributed by atoms with Gasteiger partial charge in [0.15, 0.2) is 5.60 Å². The van der Waals surface area contributed by atoms with Crippen molar-refractivity contribution in [2.24, 2.45) is 11.3 Å². The Morgan fingerprint density at radius 1 is 1.57 bits per heavy atom. The summed E-state index contributed by atoms with van der Waals surface area (Å²) in [4.78, 5) is 23.9. The molecule has 0 amide bonds. The zero-order valence-corrected chi connectivity index (χ0v) is 14.5. The summed E-state index contributed by atoms with van der Waals surface area (Å²) in [6.07, 6.45) is 11.3. The van der Waals surface area contributed by atoms with Crippen molar-refractivity contribution < 1.29 is 14.3 Å². The van der Waals surface area contributed by atoms with Crippen LogP contribution in [-0.2, 0) is 14.3 Å². The summed E-state index contributed by atoms with van der Waals surface area (Å²) < 4.78 is 6.21. The van der Waals surface area contributed by atoms with Gasteiger partial charge < -0.3 is 4.74 Å². The Morgan fingerprint density at radius 2 is 2.22 bits per heavy atom. The normalized spacial score (nSPS) is 28.0. The number of Topliss-reactive ketones (excluding diaryl/α,β-unsaturated/α-hetero) is 1. The fourth-order valence-electron chi connectivity index (χ4n) is 3.22. The Morgan fingerprint density at radius 3 is 2.78 bits per heavy atom. The van der Waals surface area contributed by atoms with Crippen molar-refractivity contribution in [3.63, 3.8) is 0 Å². The Hall–Kier alpha value is -2.08. The molecule has 1 spiro atoms. The van der Waals surface area contributed by atoms with E-state index in [9.17, 15) is 9.59 Å². The van der Waals surface area contributed by atoms with Crippen LogP contribution in [0.3, 0.4) is 0 Å². The third-order valence-electron chi connectivity index (χ3n) is 4.53. The van der Waals surface area contributed by atoms with Gasteiger partial charge in [-0.05, 0) is 50.8 Å². The van der Waals surface area contributed by atoms with Crippen LogP contribution in [0.5, 0.6) is 0 Å². The number of carbonyl (C=O) groups is 2. The first-order valence-corrected chi connectivity index (χ1v) is 7.92. The molecule has 3 heteroatoms. The van der Waals surface area contributed by atoms with Crippen LogP contribution in [0.25, 0.3) is 0 Å². The molecule has 0 N–H and O–H groups in total. The van der Waals surface area contributed by atoms with Crippen molar-refractivity contribution in [1.82, 2.24) is 0 Å². The van der Waals surface area contributed by atoms with Crippen LogP contribution >= 0.6 is 0 Å². The molecule has 0 aromatic rings. The Kier molecular flexibility index (Phi) is 4.39. The van der Waals surface area contributed by atoms with Crippen molar-refractivity contribution in [2.75, 3.05) is 0 Å². The molecule has 0 fully saturated rings. The molecular weight excluding hydrogens is 288 g/mol. The molecule has 0 saturated heterocycles. The molecule has 1 heterocycles. The van der Waals surface area contributed by atoms with Crippen LogP contribution in [0.2, 0.25) is 0 Å². The topological polar surface area (TPSA) is 43.4 Å². The van der Waals surface area contributed by atoms with E-state index in [1.807, 2.05) is 26.8 Å². The van der Waals surface area contributed by atoms with E-state index in [1.165, 1.54) is 0 Å². The highest BCUT2D eigenvalue weighted by Crippen LogP contribution is 2.48. The number of hydrogen-bond donors (Lipinski definition) is 0. The van der Waals surface area contributed by atoms with Gasteiger partial charge >= 0.3 is 0 Å². The zero-order valence-electron chi connectivity index (χ0n) is 14.5. The predicted octanol–water partition coefficient (Wildman–Crippen LogP) is 3.76. The van der Waals surface area contributed by atoms with Crippen molar-refractivity contribution in [3.8, 4) is 12.3 Å². The second-order valence-corrected chi connectivity index (χ2v) is 7.32. The van der Waals surface area contributed by atoms with Crippen molar-refractivity contribution >= 4 is 12.1 Å². The first kappa shape index (κ1) is 17.3. The van der Waals surface area contributed by atoms with Crippen LogP contribution in [0.1, 0.15) is 47.5 Å². The first-order chi connectivity index (χ1) is 10.6. The molecular formula is C20H24O3. The Balaban J connectivity index is 2.39. The van der Waals surface area contributed by atoms with Gasteiger partial charge in [-0.15, -0.1) is 12.3 Å². The molecule has 122 valence electrons. The molecule has 0 radical (unpaired) electrons. The van der Waals surface area contributed by atoms with E-state index in [0.717, 1.165) is 11.9 Å². The van der Waals surface area contributed by atoms with Gasteiger partial charge in [0.2, 0.25) is 5.78 Å². The van der Waals surface area contributed by atoms with Crippen LogP contribution in [-0.4, -0.2) is 17.7 Å². The van der Waals surface area contributed by atoms with E-state index in [4.69, 9.17) is 11.2 Å². The van der Waals surface area contributed by atoms with Crippen molar-refractivity contribution in [3.05, 3.63) is 34.6 Å². The second-order valence-electron chi connectivity index (χ2n) is 7.32. The fourth-order valence-corrected chi connectivity index (χ4v) is 3.22. The number of hydrogen-bond acceptors (Lipinski definition) is 3. The lowest BCUT2D eigenvalue weighted by molar-refractivity contribution is -0.127. The van der Waals surface area contributed by atoms with Gasteiger partial charge in [-0.2, -0.15) is 0 Å². The maximum atomic E-state index is 12.9. The third kappa shape index (κ3) is 3.03. The first-order valence-electron chi connectivity index (χ1n) is 7.92. The summed E-state index contributed by atoms with van der Waals surface area (Å²) >= 11 is 0. The SMILES string of the molecule is C#CC(C)(C)CC1=C(C)C(=O)[C@]2(C[C@@H](C)C=C2/C=C(/C)C=O)O1. The number of rotatable bonds is 4. The molecule has 0 unspecified atom stereocenters. The molecule has 0 aromatic heterocycles. The lowest BCUT2D eigenvalue weighted by Gasteiger charge is -2.28. The quantitative estimate of drug-likeness (QED) is 0.451. The molecule has 0 bridgehead atoms. The maximum absolute atomic E-state index is 12.9. The van der Waals surface area contributed by atoms with E-state index in [1.54, 1.807) is 19.9 Å². The minimum absolute atomic E-state index is 0.00845. The minimum Gasteiger partial charge on any atom is -0.478 e. The number of aldehydes is 1. The monoisotopic (exact) mass is 312 g/mol. The average Bonchev–Trinajstić information content (AvgIpc) is 2.91. The maximum Gasteiger partial charge on any atom is 0.210 e. The van der Waals surface area contributed by atoms with Crippen molar-refractivity contribution in [1.29, 1.82) is 0 Å². The highest BCUT2D eigenvalue weighted by Gasteiger charge is 2.53. The largest absolute Gasteiger partial charge is 0.478 e. The number of terminal acetylenes is 1. The number of ether oxygens (including phenoxy) is 1. The Labute approximate surface area is 138 Å². The van der Waals surface area contributed by atoms with Crippen molar-refractivity contribution in [2.45, 2.75) is 53.1 Å². The van der Waals surface area contributed by atoms with Crippen LogP contribution in [0.4, 0.5) is 0 Å². The summed E-state index contributed by atoms with van der Waals surface area (Å²) in [5.74, 6) is 3.63. The summed E-state index contributed by atoms with van der Waals surface area (Å²) in [6.45, 7) is 9.49. The minimum atomic E-state index is -0.978. The predicted molar refractivity (Wildman–Crippen MR) is 90.4 cm³/mol. The Bertz CT molecular complexity index is 682. The van der Waals surface area contributed by atoms with Crippen LogP contribution in [0, 0.1) is 23.7 Å². The van der Waals surface area contributed by atoms with E-state index < -0.39 is 5.60 Å². The lowest BCUT2D eigenvalue weighted by atomic mass is 9.86. The van der Waals surface area contributed by atoms with Gasteiger partial charge in [0, 0.05) is 23.8 Å². The summed E-state index contributed by atoms with van der Waals surface area (Å²) in [6, 6.07) is 0. The summed E-state index contributed by atoms with van der Waals surface area (Å²) in [7, 11) is 0. The molecule has 0 aromatic carbocycles. The number of carbonyl (C=O) groups excluding carboxylic acids is 2. The number of allylic oxidation sites excluding steroid dienone is 3. The lowest BCUT2D eigenvalue weighted by Crippen LogP contribution is -2.37. The smallest absolute Gasteiger partial charge is 0.210 e. The summed E-state index contributed by atoms with van der Waals surface area (Å²) in [5, 5.41) is 0. The van der Waals surface area contributed by atoms with Gasteiger partial charge in [-0.3, -0.25) is 9.59 Å². The molecule has 2 aliphatic rings. The van der Waals surface area contributed by atoms with E-state index in [-0.39, 0.29) is 17.1 Å². The fraction of sp³-hybridized carbons (Fsp3) is 0.500. The molecule has 1 aliphatic heterocycles. The van der Waals surface area contributed by atoms with Crippen LogP contribution in [0.15, 0.2) is 34.6 Å². The van der Waals surface area contributed by atoms with E-state index >= 15 is 0 Å². The number of ketones is 1. The second kappa shape index (κ2) is 5.85. The average molecular weight is 312 g/mol. The molecule has 1 aliphatic carbocycles. The molecule has 0 saturated carbocycles. The standard InChI is InChI=1S/C20H24O3/c1-7-19(5,6)11-17-15(4)18(22)20(23-17)10-13(2)8-16(20)9-14(3)12-21/h1,8-9,12-13H,10-11H2,2-6H3/b14-9-/t13-,20+/m0/s1. The van der Waals surface area contributed by atoms with Gasteiger partial charge in [-0.25, -0.2) is 0 Å². The third-order valence-corrected chi connectivity index (χ3v) is 4.53. The highest BCUT2D eigenvalue weighted by molar-refractivity contribution is 6.07. The molecule has 23 heavy (non-hydrogen) atoms. The highest BCUT2D eigenvalue weighted by atomic mass is 16.5. The summed E-state index contributed by atoms with van der Waals surface area (Å²) in [5.41, 5.74) is 0.660. The van der Waals surface area contributed by atoms with Crippen LogP contribution < -0.4 is 0 Å². The van der Waals surface area contributed by atoms with Gasteiger partial charge in [-0.1, -0.05) is 13.0 Å². The van der Waals surface area contributed by atoms with Gasteiger partial charge in [0.1, 0.15) is 12.0 Å². The molecule has 2 rings (SSSR count). The zero-order chi connectivity index (χ0) is 17.4. The van der Waals surface area contributed by atoms with E-state index in [0.29, 0.717) is 29.7 Å². The van der Waals surface area contributed by atoms with Gasteiger partial charge in [0.05, 0.1) is 0 Å². The molecule has 3 nitrogen and oxygen atoms in total. The van der Waals surface area contributed by atoms with Gasteiger partial charge in [0.25, 0.3) is 0 Å².